The van der Waals surface area contributed by atoms with E-state index in [1.165, 1.54) is 6.07 Å². The van der Waals surface area contributed by atoms with Crippen molar-refractivity contribution in [3.63, 3.8) is 0 Å². The van der Waals surface area contributed by atoms with Gasteiger partial charge in [-0.25, -0.2) is 4.39 Å². The third kappa shape index (κ3) is 2.84. The van der Waals surface area contributed by atoms with Crippen LogP contribution in [0.3, 0.4) is 0 Å². The normalized spacial score (nSPS) is 10.8. The van der Waals surface area contributed by atoms with Crippen molar-refractivity contribution in [1.82, 2.24) is 15.1 Å². The van der Waals surface area contributed by atoms with E-state index in [4.69, 9.17) is 11.6 Å². The number of hydrogen-bond acceptors (Lipinski definition) is 2. The van der Waals surface area contributed by atoms with E-state index in [1.807, 2.05) is 19.3 Å². The zero-order valence-electron chi connectivity index (χ0n) is 9.45. The van der Waals surface area contributed by atoms with Gasteiger partial charge in [-0.3, -0.25) is 4.68 Å². The maximum absolute atomic E-state index is 13.6. The lowest BCUT2D eigenvalue weighted by molar-refractivity contribution is 0.581. The Bertz CT molecular complexity index is 490. The molecule has 0 aliphatic rings. The molecule has 2 rings (SSSR count). The molecule has 0 aliphatic carbocycles. The summed E-state index contributed by atoms with van der Waals surface area (Å²) >= 11 is 5.95. The van der Waals surface area contributed by atoms with Gasteiger partial charge in [0.2, 0.25) is 0 Å². The van der Waals surface area contributed by atoms with E-state index in [1.54, 1.807) is 16.8 Å². The minimum absolute atomic E-state index is 0.303. The second-order valence-electron chi connectivity index (χ2n) is 3.74. The molecule has 90 valence electrons. The minimum Gasteiger partial charge on any atom is -0.314 e. The molecule has 0 saturated heterocycles. The quantitative estimate of drug-likeness (QED) is 0.907. The van der Waals surface area contributed by atoms with Crippen molar-refractivity contribution in [3.05, 3.63) is 52.6 Å². The Kier molecular flexibility index (Phi) is 3.76. The average Bonchev–Trinajstić information content (AvgIpc) is 2.72. The summed E-state index contributed by atoms with van der Waals surface area (Å²) in [6, 6.07) is 6.57. The van der Waals surface area contributed by atoms with Crippen LogP contribution in [0.1, 0.15) is 11.3 Å². The lowest BCUT2D eigenvalue weighted by atomic mass is 10.2. The van der Waals surface area contributed by atoms with Crippen LogP contribution in [0.4, 0.5) is 4.39 Å². The highest BCUT2D eigenvalue weighted by Crippen LogP contribution is 2.19. The fourth-order valence-electron chi connectivity index (χ4n) is 1.61. The van der Waals surface area contributed by atoms with Crippen LogP contribution < -0.4 is 5.32 Å². The summed E-state index contributed by atoms with van der Waals surface area (Å²) in [6.45, 7) is 1.03. The molecule has 2 aromatic rings. The van der Waals surface area contributed by atoms with Gasteiger partial charge >= 0.3 is 0 Å². The van der Waals surface area contributed by atoms with E-state index >= 15 is 0 Å². The number of hydrogen-bond donors (Lipinski definition) is 1. The number of benzene rings is 1. The highest BCUT2D eigenvalue weighted by molar-refractivity contribution is 6.31. The molecule has 0 fully saturated rings. The van der Waals surface area contributed by atoms with E-state index < -0.39 is 0 Å². The molecule has 0 saturated carbocycles. The summed E-state index contributed by atoms with van der Waals surface area (Å²) in [5.74, 6) is -0.303. The summed E-state index contributed by atoms with van der Waals surface area (Å²) in [5.41, 5.74) is 1.38. The van der Waals surface area contributed by atoms with Crippen LogP contribution in [0, 0.1) is 5.82 Å². The zero-order chi connectivity index (χ0) is 12.3. The zero-order valence-corrected chi connectivity index (χ0v) is 10.2. The van der Waals surface area contributed by atoms with E-state index in [9.17, 15) is 4.39 Å². The van der Waals surface area contributed by atoms with Crippen molar-refractivity contribution in [2.45, 2.75) is 13.1 Å². The molecule has 1 N–H and O–H groups in total. The molecule has 0 atom stereocenters. The van der Waals surface area contributed by atoms with Crippen molar-refractivity contribution in [3.8, 4) is 0 Å². The molecule has 0 radical (unpaired) electrons. The maximum atomic E-state index is 13.6. The predicted molar refractivity (Wildman–Crippen MR) is 65.5 cm³/mol. The Hall–Kier alpha value is -1.39. The van der Waals surface area contributed by atoms with E-state index in [0.717, 1.165) is 5.69 Å². The van der Waals surface area contributed by atoms with Crippen LogP contribution in [-0.2, 0) is 13.1 Å². The summed E-state index contributed by atoms with van der Waals surface area (Å²) in [5, 5.41) is 7.74. The Morgan fingerprint density at radius 1 is 1.41 bits per heavy atom. The first-order chi connectivity index (χ1) is 8.20. The summed E-state index contributed by atoms with van der Waals surface area (Å²) in [6.07, 6.45) is 1.81. The third-order valence-corrected chi connectivity index (χ3v) is 2.79. The second-order valence-corrected chi connectivity index (χ2v) is 4.14. The van der Waals surface area contributed by atoms with E-state index in [0.29, 0.717) is 23.7 Å². The van der Waals surface area contributed by atoms with Crippen LogP contribution >= 0.6 is 11.6 Å². The lowest BCUT2D eigenvalue weighted by Crippen LogP contribution is -2.08. The molecule has 1 aromatic carbocycles. The molecule has 0 spiro atoms. The average molecular weight is 254 g/mol. The lowest BCUT2D eigenvalue weighted by Gasteiger charge is -2.05. The highest BCUT2D eigenvalue weighted by Gasteiger charge is 2.08. The SMILES string of the molecule is CNCc1ccn(Cc2c(F)cccc2Cl)n1. The molecule has 3 nitrogen and oxygen atoms in total. The number of nitrogens with one attached hydrogen (secondary N) is 1. The van der Waals surface area contributed by atoms with Gasteiger partial charge in [0.15, 0.2) is 0 Å². The Morgan fingerprint density at radius 3 is 2.94 bits per heavy atom. The third-order valence-electron chi connectivity index (χ3n) is 2.44. The second kappa shape index (κ2) is 5.29. The molecule has 0 unspecified atom stereocenters. The van der Waals surface area contributed by atoms with Crippen molar-refractivity contribution in [1.29, 1.82) is 0 Å². The molecular formula is C12H13ClFN3. The first kappa shape index (κ1) is 12.1. The van der Waals surface area contributed by atoms with Crippen LogP contribution in [0.2, 0.25) is 5.02 Å². The van der Waals surface area contributed by atoms with Gasteiger partial charge in [0, 0.05) is 23.3 Å². The topological polar surface area (TPSA) is 29.9 Å². The number of rotatable bonds is 4. The largest absolute Gasteiger partial charge is 0.314 e. The molecule has 1 heterocycles. The fraction of sp³-hybridized carbons (Fsp3) is 0.250. The van der Waals surface area contributed by atoms with Crippen LogP contribution in [-0.4, -0.2) is 16.8 Å². The van der Waals surface area contributed by atoms with Gasteiger partial charge in [0.25, 0.3) is 0 Å². The molecule has 0 amide bonds. The van der Waals surface area contributed by atoms with Crippen molar-refractivity contribution >= 4 is 11.6 Å². The standard InChI is InChI=1S/C12H13ClFN3/c1-15-7-9-5-6-17(16-9)8-10-11(13)3-2-4-12(10)14/h2-6,15H,7-8H2,1H3. The van der Waals surface area contributed by atoms with E-state index in [2.05, 4.69) is 10.4 Å². The van der Waals surface area contributed by atoms with Crippen LogP contribution in [0.5, 0.6) is 0 Å². The molecule has 5 heteroatoms. The van der Waals surface area contributed by atoms with Crippen molar-refractivity contribution in [2.24, 2.45) is 0 Å². The summed E-state index contributed by atoms with van der Waals surface area (Å²) in [7, 11) is 1.85. The van der Waals surface area contributed by atoms with Crippen LogP contribution in [0.25, 0.3) is 0 Å². The maximum Gasteiger partial charge on any atom is 0.129 e. The van der Waals surface area contributed by atoms with Gasteiger partial charge in [-0.1, -0.05) is 17.7 Å². The summed E-state index contributed by atoms with van der Waals surface area (Å²) in [4.78, 5) is 0. The van der Waals surface area contributed by atoms with Gasteiger partial charge in [-0.05, 0) is 25.2 Å². The number of halogens is 2. The highest BCUT2D eigenvalue weighted by atomic mass is 35.5. The molecule has 0 bridgehead atoms. The Balaban J connectivity index is 2.19. The molecular weight excluding hydrogens is 241 g/mol. The van der Waals surface area contributed by atoms with Crippen molar-refractivity contribution < 1.29 is 4.39 Å². The Morgan fingerprint density at radius 2 is 2.24 bits per heavy atom. The fourth-order valence-corrected chi connectivity index (χ4v) is 1.84. The van der Waals surface area contributed by atoms with Gasteiger partial charge < -0.3 is 5.32 Å². The van der Waals surface area contributed by atoms with Gasteiger partial charge in [-0.15, -0.1) is 0 Å². The van der Waals surface area contributed by atoms with Crippen molar-refractivity contribution in [2.75, 3.05) is 7.05 Å². The molecule has 0 aliphatic heterocycles. The van der Waals surface area contributed by atoms with Gasteiger partial charge in [0.1, 0.15) is 5.82 Å². The number of nitrogens with zero attached hydrogens (tertiary/aromatic N) is 2. The molecule has 17 heavy (non-hydrogen) atoms. The smallest absolute Gasteiger partial charge is 0.129 e. The van der Waals surface area contributed by atoms with Crippen LogP contribution in [0.15, 0.2) is 30.5 Å². The minimum atomic E-state index is -0.303. The number of aromatic nitrogens is 2. The Labute approximate surface area is 104 Å². The van der Waals surface area contributed by atoms with Gasteiger partial charge in [0.05, 0.1) is 12.2 Å². The van der Waals surface area contributed by atoms with Gasteiger partial charge in [-0.2, -0.15) is 5.10 Å². The first-order valence-electron chi connectivity index (χ1n) is 5.30. The summed E-state index contributed by atoms with van der Waals surface area (Å²) < 4.78 is 15.2. The van der Waals surface area contributed by atoms with E-state index in [-0.39, 0.29) is 5.82 Å². The predicted octanol–water partition coefficient (Wildman–Crippen LogP) is 2.44. The molecule has 1 aromatic heterocycles. The first-order valence-corrected chi connectivity index (χ1v) is 5.68. The monoisotopic (exact) mass is 253 g/mol.